The van der Waals surface area contributed by atoms with Crippen molar-refractivity contribution in [3.63, 3.8) is 0 Å². The Morgan fingerprint density at radius 3 is 2.38 bits per heavy atom. The zero-order valence-electron chi connectivity index (χ0n) is 18.8. The fourth-order valence-electron chi connectivity index (χ4n) is 3.97. The van der Waals surface area contributed by atoms with Gasteiger partial charge in [0.2, 0.25) is 0 Å². The van der Waals surface area contributed by atoms with Crippen LogP contribution in [-0.2, 0) is 6.54 Å². The Morgan fingerprint density at radius 2 is 1.66 bits per heavy atom. The lowest BCUT2D eigenvalue weighted by Gasteiger charge is -2.36. The number of hydrogen-bond acceptors (Lipinski definition) is 6. The summed E-state index contributed by atoms with van der Waals surface area (Å²) in [7, 11) is 0. The van der Waals surface area contributed by atoms with Crippen molar-refractivity contribution in [3.05, 3.63) is 66.6 Å². The van der Waals surface area contributed by atoms with E-state index in [9.17, 15) is 5.11 Å². The predicted octanol–water partition coefficient (Wildman–Crippen LogP) is 4.91. The van der Waals surface area contributed by atoms with Crippen molar-refractivity contribution in [2.75, 3.05) is 25.0 Å². The molecule has 4 aromatic rings. The van der Waals surface area contributed by atoms with E-state index < -0.39 is 0 Å². The van der Waals surface area contributed by atoms with E-state index in [1.54, 1.807) is 12.3 Å². The van der Waals surface area contributed by atoms with E-state index >= 15 is 0 Å². The second-order valence-electron chi connectivity index (χ2n) is 7.93. The number of anilines is 2. The van der Waals surface area contributed by atoms with E-state index in [0.717, 1.165) is 53.2 Å². The van der Waals surface area contributed by atoms with Crippen molar-refractivity contribution in [2.45, 2.75) is 27.3 Å². The smallest absolute Gasteiger partial charge is 0.183 e. The van der Waals surface area contributed by atoms with Crippen LogP contribution in [0.25, 0.3) is 22.4 Å². The first kappa shape index (κ1) is 21.6. The summed E-state index contributed by atoms with van der Waals surface area (Å²) in [5.74, 6) is 0.895. The number of nitrogens with zero attached hydrogens (tertiary/aromatic N) is 5. The molecule has 2 aromatic carbocycles. The number of aromatic nitrogens is 4. The molecule has 0 fully saturated rings. The first-order chi connectivity index (χ1) is 15.6. The molecule has 2 N–H and O–H groups in total. The first-order valence-corrected chi connectivity index (χ1v) is 11.0. The third kappa shape index (κ3) is 4.38. The van der Waals surface area contributed by atoms with Gasteiger partial charge in [0.25, 0.3) is 0 Å². The molecule has 0 bridgehead atoms. The SMILES string of the molecule is CC[N+](CC)(CC)Cc1cc(Nc2ncnc3ncc(-c4ccccc4)nc23)ccc1O. The molecule has 7 nitrogen and oxygen atoms in total. The van der Waals surface area contributed by atoms with Crippen LogP contribution in [0.2, 0.25) is 0 Å². The molecule has 0 saturated heterocycles. The van der Waals surface area contributed by atoms with Crippen molar-refractivity contribution in [1.82, 2.24) is 19.9 Å². The summed E-state index contributed by atoms with van der Waals surface area (Å²) in [6, 6.07) is 15.5. The van der Waals surface area contributed by atoms with Gasteiger partial charge in [-0.1, -0.05) is 30.3 Å². The third-order valence-electron chi connectivity index (χ3n) is 6.27. The summed E-state index contributed by atoms with van der Waals surface area (Å²) in [6.45, 7) is 10.4. The molecule has 32 heavy (non-hydrogen) atoms. The van der Waals surface area contributed by atoms with E-state index in [0.29, 0.717) is 22.7 Å². The molecule has 4 rings (SSSR count). The van der Waals surface area contributed by atoms with Crippen molar-refractivity contribution < 1.29 is 9.59 Å². The molecule has 2 aromatic heterocycles. The monoisotopic (exact) mass is 429 g/mol. The Morgan fingerprint density at radius 1 is 0.906 bits per heavy atom. The number of nitrogens with one attached hydrogen (secondary N) is 1. The second kappa shape index (κ2) is 9.28. The number of phenolic OH excluding ortho intramolecular Hbond substituents is 1. The summed E-state index contributed by atoms with van der Waals surface area (Å²) in [6.07, 6.45) is 3.21. The Hall–Kier alpha value is -3.58. The van der Waals surface area contributed by atoms with E-state index in [1.165, 1.54) is 6.33 Å². The summed E-state index contributed by atoms with van der Waals surface area (Å²) in [5.41, 5.74) is 4.62. The van der Waals surface area contributed by atoms with Crippen LogP contribution in [0.3, 0.4) is 0 Å². The maximum absolute atomic E-state index is 10.5. The fourth-order valence-corrected chi connectivity index (χ4v) is 3.97. The maximum Gasteiger partial charge on any atom is 0.183 e. The highest BCUT2D eigenvalue weighted by Gasteiger charge is 2.23. The first-order valence-electron chi connectivity index (χ1n) is 11.0. The molecule has 7 heteroatoms. The van der Waals surface area contributed by atoms with Crippen LogP contribution in [-0.4, -0.2) is 49.2 Å². The van der Waals surface area contributed by atoms with Crippen LogP contribution in [0.1, 0.15) is 26.3 Å². The summed E-state index contributed by atoms with van der Waals surface area (Å²) in [4.78, 5) is 17.9. The lowest BCUT2D eigenvalue weighted by Crippen LogP contribution is -2.46. The lowest BCUT2D eigenvalue weighted by atomic mass is 10.1. The topological polar surface area (TPSA) is 83.8 Å². The van der Waals surface area contributed by atoms with Crippen LogP contribution >= 0.6 is 0 Å². The Kier molecular flexibility index (Phi) is 6.28. The quantitative estimate of drug-likeness (QED) is 0.306. The average molecular weight is 430 g/mol. The molecule has 2 heterocycles. The van der Waals surface area contributed by atoms with Gasteiger partial charge in [-0.3, -0.25) is 0 Å². The number of phenols is 1. The van der Waals surface area contributed by atoms with Crippen LogP contribution in [0, 0.1) is 0 Å². The molecule has 0 aliphatic rings. The highest BCUT2D eigenvalue weighted by atomic mass is 16.3. The molecule has 0 aliphatic heterocycles. The van der Waals surface area contributed by atoms with Crippen molar-refractivity contribution in [2.24, 2.45) is 0 Å². The van der Waals surface area contributed by atoms with Gasteiger partial charge in [-0.15, -0.1) is 0 Å². The summed E-state index contributed by atoms with van der Waals surface area (Å²) >= 11 is 0. The Balaban J connectivity index is 1.69. The second-order valence-corrected chi connectivity index (χ2v) is 7.93. The average Bonchev–Trinajstić information content (AvgIpc) is 2.85. The summed E-state index contributed by atoms with van der Waals surface area (Å²) < 4.78 is 0.916. The molecule has 0 saturated carbocycles. The maximum atomic E-state index is 10.5. The van der Waals surface area contributed by atoms with Gasteiger partial charge in [0.05, 0.1) is 37.1 Å². The molecule has 0 amide bonds. The zero-order valence-corrected chi connectivity index (χ0v) is 18.8. The van der Waals surface area contributed by atoms with Gasteiger partial charge in [0.15, 0.2) is 17.0 Å². The lowest BCUT2D eigenvalue weighted by molar-refractivity contribution is -0.936. The Bertz CT molecular complexity index is 1200. The molecule has 0 atom stereocenters. The van der Waals surface area contributed by atoms with Gasteiger partial charge < -0.3 is 14.9 Å². The highest BCUT2D eigenvalue weighted by Crippen LogP contribution is 2.29. The molecule has 0 spiro atoms. The van der Waals surface area contributed by atoms with E-state index in [1.807, 2.05) is 42.5 Å². The normalized spacial score (nSPS) is 11.6. The fraction of sp³-hybridized carbons (Fsp3) is 0.280. The minimum absolute atomic E-state index is 0.312. The number of rotatable bonds is 8. The molecule has 164 valence electrons. The van der Waals surface area contributed by atoms with Gasteiger partial charge >= 0.3 is 0 Å². The largest absolute Gasteiger partial charge is 0.507 e. The highest BCUT2D eigenvalue weighted by molar-refractivity contribution is 5.86. The number of hydrogen-bond donors (Lipinski definition) is 2. The summed E-state index contributed by atoms with van der Waals surface area (Å²) in [5, 5.41) is 13.9. The minimum atomic E-state index is 0.312. The van der Waals surface area contributed by atoms with E-state index in [2.05, 4.69) is 41.0 Å². The van der Waals surface area contributed by atoms with Gasteiger partial charge in [0.1, 0.15) is 18.6 Å². The third-order valence-corrected chi connectivity index (χ3v) is 6.27. The molecule has 0 unspecified atom stereocenters. The predicted molar refractivity (Wildman–Crippen MR) is 128 cm³/mol. The van der Waals surface area contributed by atoms with E-state index in [4.69, 9.17) is 4.98 Å². The van der Waals surface area contributed by atoms with E-state index in [-0.39, 0.29) is 0 Å². The standard InChI is InChI=1S/C25H28N6O/c1-4-31(5-2,6-3)16-19-14-20(12-13-22(19)32)29-25-23-24(27-17-28-25)26-15-21(30-23)18-10-8-7-9-11-18/h7-15,17H,4-6,16H2,1-3H3,(H-,26,27,28,29,30,32)/p+1. The number of fused-ring (bicyclic) bond motifs is 1. The van der Waals surface area contributed by atoms with Crippen molar-refractivity contribution in [1.29, 1.82) is 0 Å². The van der Waals surface area contributed by atoms with Gasteiger partial charge in [-0.25, -0.2) is 19.9 Å². The number of benzene rings is 2. The van der Waals surface area contributed by atoms with Gasteiger partial charge in [-0.05, 0) is 39.0 Å². The van der Waals surface area contributed by atoms with Crippen molar-refractivity contribution >= 4 is 22.7 Å². The van der Waals surface area contributed by atoms with Gasteiger partial charge in [0, 0.05) is 11.3 Å². The van der Waals surface area contributed by atoms with Crippen LogP contribution in [0.15, 0.2) is 61.1 Å². The minimum Gasteiger partial charge on any atom is -0.507 e. The Labute approximate surface area is 188 Å². The number of quaternary nitrogens is 1. The van der Waals surface area contributed by atoms with Crippen LogP contribution < -0.4 is 5.32 Å². The zero-order chi connectivity index (χ0) is 22.6. The molecule has 0 radical (unpaired) electrons. The van der Waals surface area contributed by atoms with Crippen LogP contribution in [0.5, 0.6) is 5.75 Å². The molecule has 0 aliphatic carbocycles. The van der Waals surface area contributed by atoms with Crippen LogP contribution in [0.4, 0.5) is 11.5 Å². The van der Waals surface area contributed by atoms with Gasteiger partial charge in [-0.2, -0.15) is 0 Å². The van der Waals surface area contributed by atoms with Crippen molar-refractivity contribution in [3.8, 4) is 17.0 Å². The molecular weight excluding hydrogens is 400 g/mol. The molecular formula is C25H29N6O+. The number of aromatic hydroxyl groups is 1.